The minimum atomic E-state index is -0.0559. The molecule has 1 aromatic rings. The minimum absolute atomic E-state index is 0.0559. The first kappa shape index (κ1) is 19.8. The average molecular weight is 372 g/mol. The van der Waals surface area contributed by atoms with Gasteiger partial charge < -0.3 is 9.80 Å². The highest BCUT2D eigenvalue weighted by Gasteiger charge is 2.33. The van der Waals surface area contributed by atoms with Gasteiger partial charge in [0.15, 0.2) is 0 Å². The number of carbonyl (C=O) groups is 2. The van der Waals surface area contributed by atoms with Crippen LogP contribution in [-0.4, -0.2) is 46.2 Å². The molecule has 2 aliphatic rings. The molecular weight excluding hydrogens is 338 g/mol. The molecule has 2 fully saturated rings. The molecule has 2 amide bonds. The predicted molar refractivity (Wildman–Crippen MR) is 106 cm³/mol. The van der Waals surface area contributed by atoms with E-state index in [4.69, 9.17) is 0 Å². The summed E-state index contributed by atoms with van der Waals surface area (Å²) >= 11 is 0. The number of hydrogen-bond acceptors (Lipinski definition) is 3. The first-order valence-corrected chi connectivity index (χ1v) is 10.6. The van der Waals surface area contributed by atoms with Crippen molar-refractivity contribution in [1.29, 1.82) is 0 Å². The first-order chi connectivity index (χ1) is 13.2. The minimum Gasteiger partial charge on any atom is -0.342 e. The molecule has 0 spiro atoms. The third-order valence-electron chi connectivity index (χ3n) is 5.98. The van der Waals surface area contributed by atoms with E-state index in [-0.39, 0.29) is 17.7 Å². The van der Waals surface area contributed by atoms with Crippen LogP contribution in [-0.2, 0) is 16.1 Å². The lowest BCUT2D eigenvalue weighted by atomic mass is 9.87. The molecular formula is C22H33N3O2. The molecule has 0 aromatic carbocycles. The molecule has 0 bridgehead atoms. The topological polar surface area (TPSA) is 53.5 Å². The van der Waals surface area contributed by atoms with Gasteiger partial charge in [-0.25, -0.2) is 0 Å². The third-order valence-corrected chi connectivity index (χ3v) is 5.98. The van der Waals surface area contributed by atoms with Crippen LogP contribution in [0.1, 0.15) is 63.9 Å². The summed E-state index contributed by atoms with van der Waals surface area (Å²) in [7, 11) is 0. The van der Waals surface area contributed by atoms with Crippen molar-refractivity contribution in [2.45, 2.75) is 64.8 Å². The zero-order valence-corrected chi connectivity index (χ0v) is 16.6. The van der Waals surface area contributed by atoms with Crippen LogP contribution in [0.5, 0.6) is 0 Å². The summed E-state index contributed by atoms with van der Waals surface area (Å²) < 4.78 is 0. The maximum atomic E-state index is 13.2. The first-order valence-electron chi connectivity index (χ1n) is 10.6. The second kappa shape index (κ2) is 9.86. The lowest BCUT2D eigenvalue weighted by Gasteiger charge is -2.37. The van der Waals surface area contributed by atoms with E-state index in [0.717, 1.165) is 25.1 Å². The number of pyridine rings is 1. The van der Waals surface area contributed by atoms with E-state index in [1.165, 1.54) is 32.1 Å². The second-order valence-electron chi connectivity index (χ2n) is 8.15. The van der Waals surface area contributed by atoms with Crippen LogP contribution in [0.2, 0.25) is 0 Å². The smallest absolute Gasteiger partial charge is 0.227 e. The number of hydrogen-bond donors (Lipinski definition) is 0. The van der Waals surface area contributed by atoms with Gasteiger partial charge in [-0.05, 0) is 49.3 Å². The Hall–Kier alpha value is -1.91. The Kier molecular flexibility index (Phi) is 7.25. The van der Waals surface area contributed by atoms with Crippen molar-refractivity contribution in [3.05, 3.63) is 30.1 Å². The number of likely N-dealkylation sites (tertiary alicyclic amines) is 1. The maximum Gasteiger partial charge on any atom is 0.227 e. The van der Waals surface area contributed by atoms with Crippen molar-refractivity contribution < 1.29 is 9.59 Å². The zero-order valence-electron chi connectivity index (χ0n) is 16.6. The maximum absolute atomic E-state index is 13.2. The Morgan fingerprint density at radius 3 is 2.63 bits per heavy atom. The standard InChI is InChI=1S/C22H33N3O2/c1-2-14-24(15-19-10-12-23-13-11-19)22(27)20-8-9-21(26)25(17-20)16-18-6-4-3-5-7-18/h10-13,18,20H,2-9,14-17H2,1H3/t20-/m1/s1. The highest BCUT2D eigenvalue weighted by molar-refractivity contribution is 5.84. The normalized spacial score (nSPS) is 21.3. The summed E-state index contributed by atoms with van der Waals surface area (Å²) in [5.41, 5.74) is 1.11. The van der Waals surface area contributed by atoms with Crippen LogP contribution in [0.15, 0.2) is 24.5 Å². The van der Waals surface area contributed by atoms with E-state index in [1.807, 2.05) is 21.9 Å². The molecule has 148 valence electrons. The molecule has 1 atom stereocenters. The lowest BCUT2D eigenvalue weighted by Crippen LogP contribution is -2.48. The van der Waals surface area contributed by atoms with E-state index >= 15 is 0 Å². The molecule has 5 heteroatoms. The van der Waals surface area contributed by atoms with E-state index < -0.39 is 0 Å². The molecule has 0 radical (unpaired) electrons. The monoisotopic (exact) mass is 371 g/mol. The number of amides is 2. The molecule has 1 aliphatic heterocycles. The molecule has 2 heterocycles. The van der Waals surface area contributed by atoms with Gasteiger partial charge in [0, 0.05) is 45.0 Å². The quantitative estimate of drug-likeness (QED) is 0.735. The largest absolute Gasteiger partial charge is 0.342 e. The number of nitrogens with zero attached hydrogens (tertiary/aromatic N) is 3. The van der Waals surface area contributed by atoms with Crippen LogP contribution in [0, 0.1) is 11.8 Å². The molecule has 5 nitrogen and oxygen atoms in total. The van der Waals surface area contributed by atoms with Gasteiger partial charge in [-0.1, -0.05) is 26.2 Å². The van der Waals surface area contributed by atoms with Crippen molar-refractivity contribution in [1.82, 2.24) is 14.8 Å². The van der Waals surface area contributed by atoms with Crippen LogP contribution in [0.4, 0.5) is 0 Å². The van der Waals surface area contributed by atoms with Crippen molar-refractivity contribution in [2.24, 2.45) is 11.8 Å². The van der Waals surface area contributed by atoms with Crippen molar-refractivity contribution >= 4 is 11.8 Å². The molecule has 1 aromatic heterocycles. The fraction of sp³-hybridized carbons (Fsp3) is 0.682. The van der Waals surface area contributed by atoms with Crippen LogP contribution in [0.3, 0.4) is 0 Å². The van der Waals surface area contributed by atoms with Gasteiger partial charge in [0.25, 0.3) is 0 Å². The summed E-state index contributed by atoms with van der Waals surface area (Å²) in [4.78, 5) is 33.6. The Bertz CT molecular complexity index is 613. The van der Waals surface area contributed by atoms with E-state index in [1.54, 1.807) is 12.4 Å². The van der Waals surface area contributed by atoms with E-state index in [2.05, 4.69) is 11.9 Å². The third kappa shape index (κ3) is 5.53. The number of carbonyl (C=O) groups excluding carboxylic acids is 2. The van der Waals surface area contributed by atoms with Crippen molar-refractivity contribution in [3.63, 3.8) is 0 Å². The molecule has 1 aliphatic carbocycles. The molecule has 0 unspecified atom stereocenters. The van der Waals surface area contributed by atoms with Crippen LogP contribution < -0.4 is 0 Å². The molecule has 1 saturated carbocycles. The predicted octanol–water partition coefficient (Wildman–Crippen LogP) is 3.64. The molecule has 3 rings (SSSR count). The van der Waals surface area contributed by atoms with Gasteiger partial charge in [0.2, 0.25) is 11.8 Å². The Labute approximate surface area is 163 Å². The van der Waals surface area contributed by atoms with Crippen LogP contribution in [0.25, 0.3) is 0 Å². The van der Waals surface area contributed by atoms with Crippen molar-refractivity contribution in [3.8, 4) is 0 Å². The molecule has 1 saturated heterocycles. The van der Waals surface area contributed by atoms with E-state index in [9.17, 15) is 9.59 Å². The van der Waals surface area contributed by atoms with Gasteiger partial charge >= 0.3 is 0 Å². The SMILES string of the molecule is CCCN(Cc1ccncc1)C(=O)[C@@H]1CCC(=O)N(CC2CCCCC2)C1. The molecule has 27 heavy (non-hydrogen) atoms. The van der Waals surface area contributed by atoms with Gasteiger partial charge in [0.05, 0.1) is 5.92 Å². The summed E-state index contributed by atoms with van der Waals surface area (Å²) in [5, 5.41) is 0. The highest BCUT2D eigenvalue weighted by atomic mass is 16.2. The Balaban J connectivity index is 1.61. The van der Waals surface area contributed by atoms with Gasteiger partial charge in [0.1, 0.15) is 0 Å². The van der Waals surface area contributed by atoms with Gasteiger partial charge in [-0.2, -0.15) is 0 Å². The van der Waals surface area contributed by atoms with Gasteiger partial charge in [-0.3, -0.25) is 14.6 Å². The summed E-state index contributed by atoms with van der Waals surface area (Å²) in [6, 6.07) is 3.94. The summed E-state index contributed by atoms with van der Waals surface area (Å²) in [6.07, 6.45) is 12.0. The molecule has 0 N–H and O–H groups in total. The highest BCUT2D eigenvalue weighted by Crippen LogP contribution is 2.27. The Morgan fingerprint density at radius 2 is 1.93 bits per heavy atom. The fourth-order valence-corrected chi connectivity index (χ4v) is 4.48. The number of rotatable bonds is 7. The van der Waals surface area contributed by atoms with Crippen molar-refractivity contribution in [2.75, 3.05) is 19.6 Å². The number of piperidine rings is 1. The number of aromatic nitrogens is 1. The van der Waals surface area contributed by atoms with E-state index in [0.29, 0.717) is 31.8 Å². The second-order valence-corrected chi connectivity index (χ2v) is 8.15. The van der Waals surface area contributed by atoms with Crippen LogP contribution >= 0.6 is 0 Å². The van der Waals surface area contributed by atoms with Gasteiger partial charge in [-0.15, -0.1) is 0 Å². The lowest BCUT2D eigenvalue weighted by molar-refractivity contribution is -0.144. The fourth-order valence-electron chi connectivity index (χ4n) is 4.48. The average Bonchev–Trinajstić information content (AvgIpc) is 2.70. The Morgan fingerprint density at radius 1 is 1.19 bits per heavy atom. The zero-order chi connectivity index (χ0) is 19.1. The summed E-state index contributed by atoms with van der Waals surface area (Å²) in [5.74, 6) is 1.01. The summed E-state index contributed by atoms with van der Waals surface area (Å²) in [6.45, 7) is 4.94.